The second-order valence-corrected chi connectivity index (χ2v) is 6.64. The van der Waals surface area contributed by atoms with E-state index in [4.69, 9.17) is 16.3 Å². The standard InChI is InChI=1S/C18H27ClN2O2.ClH/c1-21(18(22)8-3-15-9-11-20-12-10-15)13-2-14-23-17-6-4-16(19)5-7-17;/h4-7,15,20H,2-3,8-14H2,1H3;1H. The maximum atomic E-state index is 12.1. The molecule has 1 aliphatic heterocycles. The number of nitrogens with zero attached hydrogens (tertiary/aromatic N) is 1. The molecule has 1 aliphatic rings. The number of hydrogen-bond donors (Lipinski definition) is 1. The van der Waals surface area contributed by atoms with E-state index in [1.807, 2.05) is 36.2 Å². The largest absolute Gasteiger partial charge is 0.494 e. The van der Waals surface area contributed by atoms with E-state index in [1.54, 1.807) is 0 Å². The molecule has 1 aromatic carbocycles. The summed E-state index contributed by atoms with van der Waals surface area (Å²) in [4.78, 5) is 14.0. The number of hydrogen-bond acceptors (Lipinski definition) is 3. The van der Waals surface area contributed by atoms with E-state index in [2.05, 4.69) is 5.32 Å². The number of benzene rings is 1. The minimum Gasteiger partial charge on any atom is -0.494 e. The van der Waals surface area contributed by atoms with Crippen molar-refractivity contribution in [1.29, 1.82) is 0 Å². The minimum atomic E-state index is 0. The first-order valence-corrected chi connectivity index (χ1v) is 8.86. The van der Waals surface area contributed by atoms with Crippen LogP contribution in [0.5, 0.6) is 5.75 Å². The summed E-state index contributed by atoms with van der Waals surface area (Å²) in [5.74, 6) is 1.77. The van der Waals surface area contributed by atoms with Crippen molar-refractivity contribution in [2.75, 3.05) is 33.3 Å². The number of amides is 1. The maximum absolute atomic E-state index is 12.1. The molecule has 0 atom stereocenters. The summed E-state index contributed by atoms with van der Waals surface area (Å²) in [6.07, 6.45) is 4.92. The molecule has 1 fully saturated rings. The molecule has 0 saturated carbocycles. The van der Waals surface area contributed by atoms with Crippen molar-refractivity contribution in [2.45, 2.75) is 32.1 Å². The third kappa shape index (κ3) is 7.73. The van der Waals surface area contributed by atoms with Crippen molar-refractivity contribution in [3.8, 4) is 5.75 Å². The van der Waals surface area contributed by atoms with Gasteiger partial charge < -0.3 is 15.0 Å². The molecule has 0 aromatic heterocycles. The van der Waals surface area contributed by atoms with Crippen LogP contribution in [0.25, 0.3) is 0 Å². The normalized spacial score (nSPS) is 14.8. The molecule has 0 unspecified atom stereocenters. The first kappa shape index (κ1) is 21.1. The lowest BCUT2D eigenvalue weighted by Crippen LogP contribution is -2.31. The Morgan fingerprint density at radius 3 is 2.62 bits per heavy atom. The van der Waals surface area contributed by atoms with Crippen LogP contribution in [-0.2, 0) is 4.79 Å². The summed E-state index contributed by atoms with van der Waals surface area (Å²) in [5, 5.41) is 4.06. The summed E-state index contributed by atoms with van der Waals surface area (Å²) in [7, 11) is 1.88. The van der Waals surface area contributed by atoms with Gasteiger partial charge in [0.2, 0.25) is 5.91 Å². The first-order valence-electron chi connectivity index (χ1n) is 8.48. The number of nitrogens with one attached hydrogen (secondary N) is 1. The van der Waals surface area contributed by atoms with Crippen LogP contribution in [0.15, 0.2) is 24.3 Å². The second kappa shape index (κ2) is 11.6. The van der Waals surface area contributed by atoms with E-state index in [-0.39, 0.29) is 18.3 Å². The highest BCUT2D eigenvalue weighted by Gasteiger charge is 2.16. The van der Waals surface area contributed by atoms with Crippen LogP contribution in [0.1, 0.15) is 32.1 Å². The van der Waals surface area contributed by atoms with Gasteiger partial charge in [0.05, 0.1) is 6.61 Å². The molecule has 4 nitrogen and oxygen atoms in total. The van der Waals surface area contributed by atoms with Gasteiger partial charge in [0, 0.05) is 25.0 Å². The highest BCUT2D eigenvalue weighted by molar-refractivity contribution is 6.30. The van der Waals surface area contributed by atoms with Crippen molar-refractivity contribution >= 4 is 29.9 Å². The quantitative estimate of drug-likeness (QED) is 0.704. The topological polar surface area (TPSA) is 41.6 Å². The molecule has 1 N–H and O–H groups in total. The monoisotopic (exact) mass is 374 g/mol. The SMILES string of the molecule is CN(CCCOc1ccc(Cl)cc1)C(=O)CCC1CCNCC1.Cl. The van der Waals surface area contributed by atoms with E-state index >= 15 is 0 Å². The lowest BCUT2D eigenvalue weighted by atomic mass is 9.93. The molecule has 24 heavy (non-hydrogen) atoms. The predicted octanol–water partition coefficient (Wildman–Crippen LogP) is 3.77. The van der Waals surface area contributed by atoms with Gasteiger partial charge in [-0.15, -0.1) is 12.4 Å². The van der Waals surface area contributed by atoms with Gasteiger partial charge in [-0.3, -0.25) is 4.79 Å². The summed E-state index contributed by atoms with van der Waals surface area (Å²) >= 11 is 5.83. The number of rotatable bonds is 8. The van der Waals surface area contributed by atoms with Crippen molar-refractivity contribution in [3.63, 3.8) is 0 Å². The fourth-order valence-electron chi connectivity index (χ4n) is 2.84. The van der Waals surface area contributed by atoms with E-state index in [9.17, 15) is 4.79 Å². The highest BCUT2D eigenvalue weighted by Crippen LogP contribution is 2.18. The Morgan fingerprint density at radius 1 is 1.29 bits per heavy atom. The zero-order chi connectivity index (χ0) is 16.5. The summed E-state index contributed by atoms with van der Waals surface area (Å²) in [5.41, 5.74) is 0. The van der Waals surface area contributed by atoms with Crippen molar-refractivity contribution in [3.05, 3.63) is 29.3 Å². The van der Waals surface area contributed by atoms with E-state index in [0.29, 0.717) is 24.0 Å². The lowest BCUT2D eigenvalue weighted by Gasteiger charge is -2.23. The van der Waals surface area contributed by atoms with Crippen LogP contribution in [0, 0.1) is 5.92 Å². The Bertz CT molecular complexity index is 476. The van der Waals surface area contributed by atoms with Crippen molar-refractivity contribution in [1.82, 2.24) is 10.2 Å². The van der Waals surface area contributed by atoms with Crippen LogP contribution in [0.4, 0.5) is 0 Å². The molecule has 1 aromatic rings. The van der Waals surface area contributed by atoms with Gasteiger partial charge in [0.25, 0.3) is 0 Å². The predicted molar refractivity (Wildman–Crippen MR) is 101 cm³/mol. The molecule has 0 radical (unpaired) electrons. The molecule has 6 heteroatoms. The zero-order valence-corrected chi connectivity index (χ0v) is 15.9. The van der Waals surface area contributed by atoms with Gasteiger partial charge in [0.15, 0.2) is 0 Å². The molecule has 2 rings (SSSR count). The number of ether oxygens (including phenoxy) is 1. The van der Waals surface area contributed by atoms with Crippen molar-refractivity contribution in [2.24, 2.45) is 5.92 Å². The van der Waals surface area contributed by atoms with Gasteiger partial charge in [0.1, 0.15) is 5.75 Å². The Morgan fingerprint density at radius 2 is 1.96 bits per heavy atom. The Balaban J connectivity index is 0.00000288. The Hall–Kier alpha value is -0.970. The lowest BCUT2D eigenvalue weighted by molar-refractivity contribution is -0.130. The molecule has 1 heterocycles. The van der Waals surface area contributed by atoms with E-state index in [0.717, 1.165) is 38.2 Å². The molecular formula is C18H28Cl2N2O2. The summed E-state index contributed by atoms with van der Waals surface area (Å²) in [6.45, 7) is 3.53. The average Bonchev–Trinajstić information content (AvgIpc) is 2.59. The van der Waals surface area contributed by atoms with Gasteiger partial charge in [-0.1, -0.05) is 11.6 Å². The molecular weight excluding hydrogens is 347 g/mol. The average molecular weight is 375 g/mol. The maximum Gasteiger partial charge on any atom is 0.222 e. The molecule has 0 spiro atoms. The number of carbonyl (C=O) groups is 1. The molecule has 1 saturated heterocycles. The second-order valence-electron chi connectivity index (χ2n) is 6.20. The van der Waals surface area contributed by atoms with Crippen molar-refractivity contribution < 1.29 is 9.53 Å². The molecule has 1 amide bonds. The minimum absolute atomic E-state index is 0. The highest BCUT2D eigenvalue weighted by atomic mass is 35.5. The number of halogens is 2. The summed E-state index contributed by atoms with van der Waals surface area (Å²) in [6, 6.07) is 7.34. The van der Waals surface area contributed by atoms with Gasteiger partial charge in [-0.05, 0) is 69.0 Å². The smallest absolute Gasteiger partial charge is 0.222 e. The number of piperidine rings is 1. The molecule has 0 aliphatic carbocycles. The van der Waals surface area contributed by atoms with Gasteiger partial charge in [-0.2, -0.15) is 0 Å². The fraction of sp³-hybridized carbons (Fsp3) is 0.611. The summed E-state index contributed by atoms with van der Waals surface area (Å²) < 4.78 is 5.64. The Labute approximate surface area is 156 Å². The number of carbonyl (C=O) groups excluding carboxylic acids is 1. The van der Waals surface area contributed by atoms with Crippen LogP contribution >= 0.6 is 24.0 Å². The Kier molecular flexibility index (Phi) is 10.2. The molecule has 0 bridgehead atoms. The van der Waals surface area contributed by atoms with E-state index < -0.39 is 0 Å². The third-order valence-corrected chi connectivity index (χ3v) is 4.62. The van der Waals surface area contributed by atoms with Crippen LogP contribution < -0.4 is 10.1 Å². The molecule has 136 valence electrons. The van der Waals surface area contributed by atoms with Gasteiger partial charge >= 0.3 is 0 Å². The fourth-order valence-corrected chi connectivity index (χ4v) is 2.96. The van der Waals surface area contributed by atoms with E-state index in [1.165, 1.54) is 12.8 Å². The van der Waals surface area contributed by atoms with Crippen LogP contribution in [0.3, 0.4) is 0 Å². The third-order valence-electron chi connectivity index (χ3n) is 4.37. The van der Waals surface area contributed by atoms with Crippen LogP contribution in [0.2, 0.25) is 5.02 Å². The zero-order valence-electron chi connectivity index (χ0n) is 14.3. The van der Waals surface area contributed by atoms with Crippen LogP contribution in [-0.4, -0.2) is 44.1 Å². The van der Waals surface area contributed by atoms with Gasteiger partial charge in [-0.25, -0.2) is 0 Å². The first-order chi connectivity index (χ1) is 11.1.